The van der Waals surface area contributed by atoms with Gasteiger partial charge in [-0.25, -0.2) is 0 Å². The summed E-state index contributed by atoms with van der Waals surface area (Å²) in [4.78, 5) is 14.0. The lowest BCUT2D eigenvalue weighted by atomic mass is 10.1. The lowest BCUT2D eigenvalue weighted by Gasteiger charge is -2.15. The number of nitrogens with zero attached hydrogens (tertiary/aromatic N) is 1. The Labute approximate surface area is 112 Å². The van der Waals surface area contributed by atoms with Crippen LogP contribution < -0.4 is 0 Å². The Kier molecular flexibility index (Phi) is 7.79. The lowest BCUT2D eigenvalue weighted by Crippen LogP contribution is -2.28. The fourth-order valence-electron chi connectivity index (χ4n) is 2.50. The molecule has 1 fully saturated rings. The highest BCUT2D eigenvalue weighted by molar-refractivity contribution is 5.92. The van der Waals surface area contributed by atoms with Gasteiger partial charge in [0.15, 0.2) is 0 Å². The summed E-state index contributed by atoms with van der Waals surface area (Å²) in [6.45, 7) is 6.13. The Morgan fingerprint density at radius 2 is 1.67 bits per heavy atom. The van der Waals surface area contributed by atoms with Crippen LogP contribution in [0.5, 0.6) is 0 Å². The number of hydrogen-bond acceptors (Lipinski definition) is 1. The van der Waals surface area contributed by atoms with E-state index in [1.54, 1.807) is 0 Å². The largest absolute Gasteiger partial charge is 0.339 e. The topological polar surface area (TPSA) is 20.3 Å². The zero-order valence-electron chi connectivity index (χ0n) is 12.2. The van der Waals surface area contributed by atoms with Crippen molar-refractivity contribution in [1.82, 2.24) is 4.90 Å². The van der Waals surface area contributed by atoms with Gasteiger partial charge >= 0.3 is 0 Å². The molecule has 0 N–H and O–H groups in total. The van der Waals surface area contributed by atoms with Crippen LogP contribution >= 0.6 is 0 Å². The molecule has 1 aliphatic heterocycles. The van der Waals surface area contributed by atoms with Crippen LogP contribution in [0.4, 0.5) is 0 Å². The summed E-state index contributed by atoms with van der Waals surface area (Å²) in [5, 5.41) is 0. The number of allylic oxidation sites excluding steroid dienone is 1. The molecule has 0 radical (unpaired) electrons. The first kappa shape index (κ1) is 15.3. The van der Waals surface area contributed by atoms with Crippen molar-refractivity contribution in [2.24, 2.45) is 0 Å². The predicted octanol–water partition coefficient (Wildman–Crippen LogP) is 4.31. The molecule has 2 heteroatoms. The van der Waals surface area contributed by atoms with Gasteiger partial charge in [0.1, 0.15) is 0 Å². The van der Waals surface area contributed by atoms with E-state index in [1.807, 2.05) is 11.8 Å². The third-order valence-corrected chi connectivity index (χ3v) is 3.74. The van der Waals surface area contributed by atoms with Gasteiger partial charge in [0.25, 0.3) is 0 Å². The Hall–Kier alpha value is -0.790. The second-order valence-electron chi connectivity index (χ2n) is 5.44. The number of carbonyl (C=O) groups is 1. The summed E-state index contributed by atoms with van der Waals surface area (Å²) in [6.07, 6.45) is 13.5. The number of likely N-dealkylation sites (tertiary alicyclic amines) is 1. The summed E-state index contributed by atoms with van der Waals surface area (Å²) in [6, 6.07) is 0. The first-order valence-electron chi connectivity index (χ1n) is 7.71. The summed E-state index contributed by atoms with van der Waals surface area (Å²) in [5.41, 5.74) is 0.949. The molecule has 0 spiro atoms. The Balaban J connectivity index is 2.11. The van der Waals surface area contributed by atoms with E-state index >= 15 is 0 Å². The molecule has 0 aromatic heterocycles. The zero-order valence-corrected chi connectivity index (χ0v) is 12.2. The minimum absolute atomic E-state index is 0.262. The van der Waals surface area contributed by atoms with Crippen LogP contribution in [0.15, 0.2) is 11.6 Å². The number of rotatable bonds is 8. The SMILES string of the molecule is CCCCCCCC/C=C(\C)C(=O)N1CCCC1. The Morgan fingerprint density at radius 3 is 2.33 bits per heavy atom. The van der Waals surface area contributed by atoms with Crippen molar-refractivity contribution < 1.29 is 4.79 Å². The van der Waals surface area contributed by atoms with Gasteiger partial charge in [-0.2, -0.15) is 0 Å². The van der Waals surface area contributed by atoms with Crippen LogP contribution in [0.2, 0.25) is 0 Å². The van der Waals surface area contributed by atoms with Gasteiger partial charge in [0.2, 0.25) is 5.91 Å². The van der Waals surface area contributed by atoms with Crippen molar-refractivity contribution in [3.05, 3.63) is 11.6 Å². The molecule has 0 atom stereocenters. The molecule has 1 heterocycles. The first-order valence-corrected chi connectivity index (χ1v) is 7.71. The normalized spacial score (nSPS) is 16.3. The molecular formula is C16H29NO. The summed E-state index contributed by atoms with van der Waals surface area (Å²) < 4.78 is 0. The third-order valence-electron chi connectivity index (χ3n) is 3.74. The smallest absolute Gasteiger partial charge is 0.249 e. The highest BCUT2D eigenvalue weighted by Crippen LogP contribution is 2.13. The van der Waals surface area contributed by atoms with Crippen LogP contribution in [0.1, 0.15) is 71.6 Å². The maximum Gasteiger partial charge on any atom is 0.249 e. The molecule has 2 nitrogen and oxygen atoms in total. The molecule has 0 aromatic rings. The molecule has 104 valence electrons. The molecular weight excluding hydrogens is 222 g/mol. The fourth-order valence-corrected chi connectivity index (χ4v) is 2.50. The summed E-state index contributed by atoms with van der Waals surface area (Å²) in [7, 11) is 0. The van der Waals surface area contributed by atoms with Gasteiger partial charge < -0.3 is 4.90 Å². The lowest BCUT2D eigenvalue weighted by molar-refractivity contribution is -0.126. The van der Waals surface area contributed by atoms with Crippen molar-refractivity contribution in [3.63, 3.8) is 0 Å². The second kappa shape index (κ2) is 9.18. The molecule has 0 unspecified atom stereocenters. The zero-order chi connectivity index (χ0) is 13.2. The van der Waals surface area contributed by atoms with Crippen molar-refractivity contribution >= 4 is 5.91 Å². The number of unbranched alkanes of at least 4 members (excludes halogenated alkanes) is 6. The van der Waals surface area contributed by atoms with E-state index in [2.05, 4.69) is 13.0 Å². The van der Waals surface area contributed by atoms with E-state index in [9.17, 15) is 4.79 Å². The van der Waals surface area contributed by atoms with Crippen molar-refractivity contribution in [2.75, 3.05) is 13.1 Å². The number of hydrogen-bond donors (Lipinski definition) is 0. The van der Waals surface area contributed by atoms with E-state index in [-0.39, 0.29) is 5.91 Å². The Bertz CT molecular complexity index is 264. The Morgan fingerprint density at radius 1 is 1.06 bits per heavy atom. The van der Waals surface area contributed by atoms with Gasteiger partial charge in [-0.3, -0.25) is 4.79 Å². The first-order chi connectivity index (χ1) is 8.75. The maximum atomic E-state index is 12.0. The van der Waals surface area contributed by atoms with Crippen molar-refractivity contribution in [3.8, 4) is 0 Å². The van der Waals surface area contributed by atoms with Crippen LogP contribution in [0.25, 0.3) is 0 Å². The maximum absolute atomic E-state index is 12.0. The standard InChI is InChI=1S/C16H29NO/c1-3-4-5-6-7-8-9-12-15(2)16(18)17-13-10-11-14-17/h12H,3-11,13-14H2,1-2H3/b15-12+. The average Bonchev–Trinajstić information content (AvgIpc) is 2.90. The van der Waals surface area contributed by atoms with Gasteiger partial charge in [0.05, 0.1) is 0 Å². The van der Waals surface area contributed by atoms with E-state index in [1.165, 1.54) is 51.4 Å². The quantitative estimate of drug-likeness (QED) is 0.465. The van der Waals surface area contributed by atoms with E-state index in [0.717, 1.165) is 25.1 Å². The van der Waals surface area contributed by atoms with Crippen molar-refractivity contribution in [2.45, 2.75) is 71.6 Å². The molecule has 0 bridgehead atoms. The summed E-state index contributed by atoms with van der Waals surface area (Å²) >= 11 is 0. The average molecular weight is 251 g/mol. The molecule has 1 amide bonds. The molecule has 0 saturated carbocycles. The predicted molar refractivity (Wildman–Crippen MR) is 77.6 cm³/mol. The number of amides is 1. The van der Waals surface area contributed by atoms with Gasteiger partial charge in [0, 0.05) is 18.7 Å². The minimum Gasteiger partial charge on any atom is -0.339 e. The highest BCUT2D eigenvalue weighted by atomic mass is 16.2. The molecule has 1 rings (SSSR count). The van der Waals surface area contributed by atoms with E-state index in [4.69, 9.17) is 0 Å². The highest BCUT2D eigenvalue weighted by Gasteiger charge is 2.18. The molecule has 18 heavy (non-hydrogen) atoms. The van der Waals surface area contributed by atoms with E-state index in [0.29, 0.717) is 0 Å². The second-order valence-corrected chi connectivity index (χ2v) is 5.44. The van der Waals surface area contributed by atoms with Gasteiger partial charge in [-0.05, 0) is 32.6 Å². The van der Waals surface area contributed by atoms with Crippen molar-refractivity contribution in [1.29, 1.82) is 0 Å². The molecule has 1 saturated heterocycles. The van der Waals surface area contributed by atoms with Crippen LogP contribution in [0.3, 0.4) is 0 Å². The van der Waals surface area contributed by atoms with E-state index < -0.39 is 0 Å². The molecule has 0 aromatic carbocycles. The minimum atomic E-state index is 0.262. The fraction of sp³-hybridized carbons (Fsp3) is 0.812. The van der Waals surface area contributed by atoms with Gasteiger partial charge in [-0.15, -0.1) is 0 Å². The molecule has 1 aliphatic rings. The van der Waals surface area contributed by atoms with Crippen LogP contribution in [-0.4, -0.2) is 23.9 Å². The monoisotopic (exact) mass is 251 g/mol. The summed E-state index contributed by atoms with van der Waals surface area (Å²) in [5.74, 6) is 0.262. The number of carbonyl (C=O) groups excluding carboxylic acids is 1. The molecule has 0 aliphatic carbocycles. The van der Waals surface area contributed by atoms with Crippen LogP contribution in [0, 0.1) is 0 Å². The third kappa shape index (κ3) is 5.70. The van der Waals surface area contributed by atoms with Gasteiger partial charge in [-0.1, -0.05) is 45.1 Å². The van der Waals surface area contributed by atoms with Crippen LogP contribution in [-0.2, 0) is 4.79 Å².